The number of hydrogen-bond donors (Lipinski definition) is 1. The van der Waals surface area contributed by atoms with Crippen LogP contribution in [0.4, 0.5) is 0 Å². The molecule has 1 saturated heterocycles. The average molecular weight is 385 g/mol. The van der Waals surface area contributed by atoms with Crippen molar-refractivity contribution in [1.82, 2.24) is 9.62 Å². The molecule has 0 spiro atoms. The van der Waals surface area contributed by atoms with Gasteiger partial charge in [0, 0.05) is 13.1 Å². The average Bonchev–Trinajstić information content (AvgIpc) is 3.20. The zero-order valence-electron chi connectivity index (χ0n) is 15.8. The smallest absolute Gasteiger partial charge is 0.240 e. The Hall–Kier alpha value is -1.69. The van der Waals surface area contributed by atoms with Gasteiger partial charge in [0.25, 0.3) is 0 Å². The van der Waals surface area contributed by atoms with Gasteiger partial charge < -0.3 is 0 Å². The Bertz CT molecular complexity index is 885. The maximum atomic E-state index is 12.7. The van der Waals surface area contributed by atoms with Crippen LogP contribution in [0.1, 0.15) is 47.9 Å². The molecule has 1 aliphatic carbocycles. The van der Waals surface area contributed by atoms with Crippen LogP contribution >= 0.6 is 0 Å². The van der Waals surface area contributed by atoms with Gasteiger partial charge in [-0.2, -0.15) is 0 Å². The zero-order valence-corrected chi connectivity index (χ0v) is 16.6. The summed E-state index contributed by atoms with van der Waals surface area (Å²) in [5.41, 5.74) is 4.77. The van der Waals surface area contributed by atoms with Gasteiger partial charge >= 0.3 is 0 Å². The van der Waals surface area contributed by atoms with Crippen molar-refractivity contribution in [2.24, 2.45) is 0 Å². The molecule has 4 rings (SSSR count). The van der Waals surface area contributed by atoms with Crippen molar-refractivity contribution in [3.8, 4) is 0 Å². The van der Waals surface area contributed by atoms with Crippen LogP contribution in [0.2, 0.25) is 0 Å². The van der Waals surface area contributed by atoms with Crippen molar-refractivity contribution >= 4 is 10.0 Å². The standard InChI is InChI=1S/C22H28N2O2S/c25-27(26,22-12-11-20-5-1-2-6-21(20)15-22)23-16-18-7-9-19(10-8-18)17-24-13-3-4-14-24/h7-12,15,23H,1-6,13-14,16-17H2. The summed E-state index contributed by atoms with van der Waals surface area (Å²) in [6.07, 6.45) is 6.98. The minimum absolute atomic E-state index is 0.323. The highest BCUT2D eigenvalue weighted by molar-refractivity contribution is 7.89. The highest BCUT2D eigenvalue weighted by Crippen LogP contribution is 2.24. The minimum atomic E-state index is -3.48. The van der Waals surface area contributed by atoms with Gasteiger partial charge in [-0.05, 0) is 86.0 Å². The fraction of sp³-hybridized carbons (Fsp3) is 0.455. The van der Waals surface area contributed by atoms with E-state index in [0.29, 0.717) is 11.4 Å². The first-order valence-electron chi connectivity index (χ1n) is 10.0. The molecule has 2 aromatic rings. The van der Waals surface area contributed by atoms with Gasteiger partial charge in [0.2, 0.25) is 10.0 Å². The van der Waals surface area contributed by atoms with Gasteiger partial charge in [0.15, 0.2) is 0 Å². The summed E-state index contributed by atoms with van der Waals surface area (Å²) >= 11 is 0. The van der Waals surface area contributed by atoms with Gasteiger partial charge in [0.1, 0.15) is 0 Å². The van der Waals surface area contributed by atoms with Crippen LogP contribution in [0.25, 0.3) is 0 Å². The molecule has 1 aliphatic heterocycles. The number of nitrogens with one attached hydrogen (secondary N) is 1. The molecule has 144 valence electrons. The number of aryl methyl sites for hydroxylation is 2. The maximum Gasteiger partial charge on any atom is 0.240 e. The molecular formula is C22H28N2O2S. The van der Waals surface area contributed by atoms with Crippen molar-refractivity contribution < 1.29 is 8.42 Å². The SMILES string of the molecule is O=S(=O)(NCc1ccc(CN2CCCC2)cc1)c1ccc2c(c1)CCCC2. The number of benzene rings is 2. The molecule has 2 aromatic carbocycles. The van der Waals surface area contributed by atoms with Crippen LogP contribution in [0.15, 0.2) is 47.4 Å². The van der Waals surface area contributed by atoms with Crippen LogP contribution in [-0.2, 0) is 36.0 Å². The van der Waals surface area contributed by atoms with Crippen molar-refractivity contribution in [2.75, 3.05) is 13.1 Å². The molecule has 0 bridgehead atoms. The van der Waals surface area contributed by atoms with E-state index in [1.165, 1.54) is 49.0 Å². The molecule has 1 fully saturated rings. The molecule has 4 nitrogen and oxygen atoms in total. The molecule has 1 heterocycles. The molecule has 0 saturated carbocycles. The quantitative estimate of drug-likeness (QED) is 0.827. The highest BCUT2D eigenvalue weighted by Gasteiger charge is 2.17. The maximum absolute atomic E-state index is 12.7. The van der Waals surface area contributed by atoms with Crippen molar-refractivity contribution in [3.05, 3.63) is 64.7 Å². The molecule has 1 N–H and O–H groups in total. The van der Waals surface area contributed by atoms with E-state index >= 15 is 0 Å². The lowest BCUT2D eigenvalue weighted by molar-refractivity contribution is 0.331. The third-order valence-electron chi connectivity index (χ3n) is 5.72. The van der Waals surface area contributed by atoms with Gasteiger partial charge in [0.05, 0.1) is 4.90 Å². The van der Waals surface area contributed by atoms with E-state index < -0.39 is 10.0 Å². The van der Waals surface area contributed by atoms with Crippen LogP contribution < -0.4 is 4.72 Å². The van der Waals surface area contributed by atoms with Crippen LogP contribution in [0.3, 0.4) is 0 Å². The van der Waals surface area contributed by atoms with Gasteiger partial charge in [-0.3, -0.25) is 4.90 Å². The predicted molar refractivity (Wildman–Crippen MR) is 108 cm³/mol. The first-order valence-corrected chi connectivity index (χ1v) is 11.5. The topological polar surface area (TPSA) is 49.4 Å². The van der Waals surface area contributed by atoms with Crippen molar-refractivity contribution in [1.29, 1.82) is 0 Å². The molecule has 0 radical (unpaired) electrons. The fourth-order valence-corrected chi connectivity index (χ4v) is 5.17. The largest absolute Gasteiger partial charge is 0.299 e. The second-order valence-electron chi connectivity index (χ2n) is 7.76. The summed E-state index contributed by atoms with van der Waals surface area (Å²) in [5.74, 6) is 0. The van der Waals surface area contributed by atoms with E-state index in [0.717, 1.165) is 31.4 Å². The second-order valence-corrected chi connectivity index (χ2v) is 9.53. The van der Waals surface area contributed by atoms with Crippen LogP contribution in [-0.4, -0.2) is 26.4 Å². The summed E-state index contributed by atoms with van der Waals surface area (Å²) in [7, 11) is -3.48. The normalized spacial score (nSPS) is 17.8. The predicted octanol–water partition coefficient (Wildman–Crippen LogP) is 3.64. The van der Waals surface area contributed by atoms with Crippen LogP contribution in [0.5, 0.6) is 0 Å². The van der Waals surface area contributed by atoms with E-state index in [2.05, 4.69) is 21.8 Å². The summed E-state index contributed by atoms with van der Waals surface area (Å²) in [6.45, 7) is 3.68. The van der Waals surface area contributed by atoms with E-state index in [4.69, 9.17) is 0 Å². The third-order valence-corrected chi connectivity index (χ3v) is 7.12. The molecular weight excluding hydrogens is 356 g/mol. The van der Waals surface area contributed by atoms with Gasteiger partial charge in [-0.15, -0.1) is 0 Å². The zero-order chi connectivity index (χ0) is 18.7. The van der Waals surface area contributed by atoms with E-state index in [9.17, 15) is 8.42 Å². The number of rotatable bonds is 6. The number of fused-ring (bicyclic) bond motifs is 1. The third kappa shape index (κ3) is 4.60. The lowest BCUT2D eigenvalue weighted by Crippen LogP contribution is -2.23. The molecule has 0 unspecified atom stereocenters. The summed E-state index contributed by atoms with van der Waals surface area (Å²) in [6, 6.07) is 13.9. The molecule has 27 heavy (non-hydrogen) atoms. The Morgan fingerprint density at radius 3 is 2.22 bits per heavy atom. The summed E-state index contributed by atoms with van der Waals surface area (Å²) in [4.78, 5) is 2.85. The fourth-order valence-electron chi connectivity index (χ4n) is 4.10. The molecule has 5 heteroatoms. The summed E-state index contributed by atoms with van der Waals surface area (Å²) < 4.78 is 28.1. The number of sulfonamides is 1. The Kier molecular flexibility index (Phi) is 5.62. The Labute approximate surface area is 162 Å². The summed E-state index contributed by atoms with van der Waals surface area (Å²) in [5, 5.41) is 0. The van der Waals surface area contributed by atoms with Crippen molar-refractivity contribution in [3.63, 3.8) is 0 Å². The number of nitrogens with zero attached hydrogens (tertiary/aromatic N) is 1. The molecule has 0 atom stereocenters. The Morgan fingerprint density at radius 1 is 0.815 bits per heavy atom. The van der Waals surface area contributed by atoms with E-state index in [-0.39, 0.29) is 0 Å². The second kappa shape index (κ2) is 8.13. The molecule has 2 aliphatic rings. The lowest BCUT2D eigenvalue weighted by Gasteiger charge is -2.17. The van der Waals surface area contributed by atoms with Gasteiger partial charge in [-0.1, -0.05) is 30.3 Å². The lowest BCUT2D eigenvalue weighted by atomic mass is 9.92. The molecule has 0 aromatic heterocycles. The first-order chi connectivity index (χ1) is 13.1. The molecule has 0 amide bonds. The first kappa shape index (κ1) is 18.7. The van der Waals surface area contributed by atoms with Gasteiger partial charge in [-0.25, -0.2) is 13.1 Å². The highest BCUT2D eigenvalue weighted by atomic mass is 32.2. The minimum Gasteiger partial charge on any atom is -0.299 e. The number of hydrogen-bond acceptors (Lipinski definition) is 3. The monoisotopic (exact) mass is 384 g/mol. The Balaban J connectivity index is 1.38. The Morgan fingerprint density at radius 2 is 1.48 bits per heavy atom. The van der Waals surface area contributed by atoms with E-state index in [1.54, 1.807) is 6.07 Å². The van der Waals surface area contributed by atoms with Crippen LogP contribution in [0, 0.1) is 0 Å². The van der Waals surface area contributed by atoms with E-state index in [1.807, 2.05) is 24.3 Å². The van der Waals surface area contributed by atoms with Crippen molar-refractivity contribution in [2.45, 2.75) is 56.5 Å². The number of likely N-dealkylation sites (tertiary alicyclic amines) is 1.